The van der Waals surface area contributed by atoms with Crippen LogP contribution in [-0.2, 0) is 17.7 Å². The second-order valence-electron chi connectivity index (χ2n) is 8.09. The van der Waals surface area contributed by atoms with Gasteiger partial charge in [-0.15, -0.1) is 11.3 Å². The van der Waals surface area contributed by atoms with Crippen LogP contribution in [0.15, 0.2) is 60.2 Å². The molecule has 0 unspecified atom stereocenters. The highest BCUT2D eigenvalue weighted by molar-refractivity contribution is 7.13. The van der Waals surface area contributed by atoms with Crippen LogP contribution in [0.4, 0.5) is 5.69 Å². The Bertz CT molecular complexity index is 1230. The first-order valence-electron chi connectivity index (χ1n) is 10.9. The van der Waals surface area contributed by atoms with Gasteiger partial charge in [0.2, 0.25) is 0 Å². The van der Waals surface area contributed by atoms with Gasteiger partial charge in [-0.1, -0.05) is 12.1 Å². The van der Waals surface area contributed by atoms with Crippen molar-refractivity contribution in [3.8, 4) is 10.4 Å². The highest BCUT2D eigenvalue weighted by atomic mass is 32.1. The maximum atomic E-state index is 13.0. The lowest BCUT2D eigenvalue weighted by Crippen LogP contribution is -2.38. The van der Waals surface area contributed by atoms with Crippen molar-refractivity contribution in [2.75, 3.05) is 38.6 Å². The van der Waals surface area contributed by atoms with Crippen molar-refractivity contribution in [2.24, 2.45) is 0 Å². The van der Waals surface area contributed by atoms with Crippen molar-refractivity contribution in [3.05, 3.63) is 71.4 Å². The summed E-state index contributed by atoms with van der Waals surface area (Å²) in [5, 5.41) is 2.05. The fraction of sp³-hybridized carbons (Fsp3) is 0.280. The molecule has 7 heteroatoms. The lowest BCUT2D eigenvalue weighted by molar-refractivity contribution is 0.0365. The molecule has 1 aliphatic rings. The Hall–Kier alpha value is -3.00. The Morgan fingerprint density at radius 2 is 1.97 bits per heavy atom. The van der Waals surface area contributed by atoms with Gasteiger partial charge < -0.3 is 15.0 Å². The summed E-state index contributed by atoms with van der Waals surface area (Å²) in [5.74, 6) is 0.0461. The summed E-state index contributed by atoms with van der Waals surface area (Å²) >= 11 is 1.68. The van der Waals surface area contributed by atoms with Crippen LogP contribution in [0.2, 0.25) is 0 Å². The summed E-state index contributed by atoms with van der Waals surface area (Å²) < 4.78 is 7.57. The van der Waals surface area contributed by atoms with Crippen LogP contribution < -0.4 is 5.73 Å². The average molecular weight is 447 g/mol. The monoisotopic (exact) mass is 446 g/mol. The number of rotatable bonds is 7. The van der Waals surface area contributed by atoms with Gasteiger partial charge in [0.1, 0.15) is 0 Å². The van der Waals surface area contributed by atoms with Gasteiger partial charge in [0.25, 0.3) is 0 Å². The van der Waals surface area contributed by atoms with E-state index in [-0.39, 0.29) is 12.2 Å². The quantitative estimate of drug-likeness (QED) is 0.342. The van der Waals surface area contributed by atoms with E-state index in [1.54, 1.807) is 11.3 Å². The maximum Gasteiger partial charge on any atom is 0.167 e. The standard InChI is InChI=1S/C25H26N4O2S/c26-21-5-3-19(25-2-1-13-32-25)14-20(21)16-24(30)18-4-6-23-22(15-18)27-17-29(23)8-7-28-9-11-31-12-10-28/h1-6,13-15,17H,7-12,16,26H2. The minimum Gasteiger partial charge on any atom is -0.398 e. The van der Waals surface area contributed by atoms with Crippen LogP contribution in [0, 0.1) is 0 Å². The fourth-order valence-electron chi connectivity index (χ4n) is 4.12. The van der Waals surface area contributed by atoms with E-state index in [9.17, 15) is 4.79 Å². The number of hydrogen-bond donors (Lipinski definition) is 1. The Labute approximate surface area is 191 Å². The van der Waals surface area contributed by atoms with Crippen LogP contribution in [0.1, 0.15) is 15.9 Å². The third-order valence-corrected chi connectivity index (χ3v) is 6.92. The van der Waals surface area contributed by atoms with E-state index in [0.29, 0.717) is 11.3 Å². The predicted molar refractivity (Wildman–Crippen MR) is 129 cm³/mol. The number of nitrogens with two attached hydrogens (primary N) is 1. The van der Waals surface area contributed by atoms with Crippen molar-refractivity contribution in [2.45, 2.75) is 13.0 Å². The SMILES string of the molecule is Nc1ccc(-c2cccs2)cc1CC(=O)c1ccc2c(c1)ncn2CCN1CCOCC1. The Balaban J connectivity index is 1.30. The molecule has 2 aromatic heterocycles. The summed E-state index contributed by atoms with van der Waals surface area (Å²) in [4.78, 5) is 21.2. The van der Waals surface area contributed by atoms with Crippen LogP contribution in [0.5, 0.6) is 0 Å². The first-order valence-corrected chi connectivity index (χ1v) is 11.8. The number of imidazole rings is 1. The highest BCUT2D eigenvalue weighted by Crippen LogP contribution is 2.28. The molecule has 1 saturated heterocycles. The van der Waals surface area contributed by atoms with E-state index in [1.165, 1.54) is 4.88 Å². The number of ketones is 1. The van der Waals surface area contributed by atoms with Gasteiger partial charge in [-0.25, -0.2) is 4.98 Å². The van der Waals surface area contributed by atoms with Crippen molar-refractivity contribution >= 4 is 33.8 Å². The van der Waals surface area contributed by atoms with Crippen LogP contribution in [0.25, 0.3) is 21.5 Å². The van der Waals surface area contributed by atoms with Gasteiger partial charge >= 0.3 is 0 Å². The lowest BCUT2D eigenvalue weighted by Gasteiger charge is -2.26. The zero-order valence-electron chi connectivity index (χ0n) is 17.9. The predicted octanol–water partition coefficient (Wildman–Crippen LogP) is 4.10. The molecule has 0 aliphatic carbocycles. The number of fused-ring (bicyclic) bond motifs is 1. The largest absolute Gasteiger partial charge is 0.398 e. The Kier molecular flexibility index (Phi) is 6.03. The third-order valence-electron chi connectivity index (χ3n) is 6.00. The molecule has 0 bridgehead atoms. The van der Waals surface area contributed by atoms with E-state index in [2.05, 4.69) is 20.5 Å². The number of Topliss-reactive ketones (excluding diaryl/α,β-unsaturated/α-hetero) is 1. The van der Waals surface area contributed by atoms with E-state index >= 15 is 0 Å². The number of benzene rings is 2. The lowest BCUT2D eigenvalue weighted by atomic mass is 9.99. The highest BCUT2D eigenvalue weighted by Gasteiger charge is 2.14. The molecule has 6 nitrogen and oxygen atoms in total. The number of carbonyl (C=O) groups excluding carboxylic acids is 1. The molecular weight excluding hydrogens is 420 g/mol. The molecule has 2 aromatic carbocycles. The number of carbonyl (C=O) groups is 1. The molecule has 32 heavy (non-hydrogen) atoms. The topological polar surface area (TPSA) is 73.4 Å². The smallest absolute Gasteiger partial charge is 0.167 e. The number of thiophene rings is 1. The first-order chi connectivity index (χ1) is 15.7. The number of ether oxygens (including phenoxy) is 1. The van der Waals surface area contributed by atoms with E-state index in [4.69, 9.17) is 10.5 Å². The number of anilines is 1. The van der Waals surface area contributed by atoms with E-state index < -0.39 is 0 Å². The molecule has 3 heterocycles. The molecule has 4 aromatic rings. The van der Waals surface area contributed by atoms with Crippen LogP contribution >= 0.6 is 11.3 Å². The maximum absolute atomic E-state index is 13.0. The number of morpholine rings is 1. The van der Waals surface area contributed by atoms with Gasteiger partial charge in [-0.3, -0.25) is 9.69 Å². The molecule has 1 aliphatic heterocycles. The normalized spacial score (nSPS) is 14.8. The minimum absolute atomic E-state index is 0.0461. The zero-order valence-corrected chi connectivity index (χ0v) is 18.7. The molecule has 5 rings (SSSR count). The molecule has 0 spiro atoms. The van der Waals surface area contributed by atoms with Gasteiger partial charge in [0.15, 0.2) is 5.78 Å². The number of hydrogen-bond acceptors (Lipinski definition) is 6. The number of nitrogens with zero attached hydrogens (tertiary/aromatic N) is 3. The van der Waals surface area contributed by atoms with Crippen LogP contribution in [-0.4, -0.2) is 53.1 Å². The molecule has 0 saturated carbocycles. The molecule has 2 N–H and O–H groups in total. The van der Waals surface area contributed by atoms with Crippen molar-refractivity contribution in [1.29, 1.82) is 0 Å². The Morgan fingerprint density at radius 3 is 2.78 bits per heavy atom. The second-order valence-corrected chi connectivity index (χ2v) is 9.03. The molecule has 0 amide bonds. The van der Waals surface area contributed by atoms with Crippen molar-refractivity contribution in [3.63, 3.8) is 0 Å². The first kappa shape index (κ1) is 20.9. The van der Waals surface area contributed by atoms with Gasteiger partial charge in [0.05, 0.1) is 30.6 Å². The van der Waals surface area contributed by atoms with Crippen molar-refractivity contribution in [1.82, 2.24) is 14.5 Å². The molecule has 164 valence electrons. The van der Waals surface area contributed by atoms with E-state index in [1.807, 2.05) is 54.2 Å². The second kappa shape index (κ2) is 9.24. The molecule has 0 atom stereocenters. The zero-order chi connectivity index (χ0) is 21.9. The fourth-order valence-corrected chi connectivity index (χ4v) is 4.84. The summed E-state index contributed by atoms with van der Waals surface area (Å²) in [6.45, 7) is 5.39. The summed E-state index contributed by atoms with van der Waals surface area (Å²) in [6, 6.07) is 15.8. The summed E-state index contributed by atoms with van der Waals surface area (Å²) in [7, 11) is 0. The van der Waals surface area contributed by atoms with Crippen LogP contribution in [0.3, 0.4) is 0 Å². The van der Waals surface area contributed by atoms with Gasteiger partial charge in [0, 0.05) is 48.7 Å². The Morgan fingerprint density at radius 1 is 1.09 bits per heavy atom. The molecule has 0 radical (unpaired) electrons. The molecular formula is C25H26N4O2S. The van der Waals surface area contributed by atoms with Crippen molar-refractivity contribution < 1.29 is 9.53 Å². The number of aromatic nitrogens is 2. The van der Waals surface area contributed by atoms with Gasteiger partial charge in [-0.05, 0) is 52.9 Å². The van der Waals surface area contributed by atoms with E-state index in [0.717, 1.165) is 61.6 Å². The number of nitrogen functional groups attached to an aromatic ring is 1. The summed E-state index contributed by atoms with van der Waals surface area (Å²) in [5.41, 5.74) is 11.3. The molecule has 1 fully saturated rings. The minimum atomic E-state index is 0.0461. The van der Waals surface area contributed by atoms with Gasteiger partial charge in [-0.2, -0.15) is 0 Å². The third kappa shape index (κ3) is 4.46. The average Bonchev–Trinajstić information content (AvgIpc) is 3.50. The summed E-state index contributed by atoms with van der Waals surface area (Å²) in [6.07, 6.45) is 2.14.